The van der Waals surface area contributed by atoms with Crippen LogP contribution >= 0.6 is 0 Å². The van der Waals surface area contributed by atoms with Crippen LogP contribution in [0.25, 0.3) is 0 Å². The van der Waals surface area contributed by atoms with Crippen LogP contribution in [0.15, 0.2) is 0 Å². The van der Waals surface area contributed by atoms with E-state index in [-0.39, 0.29) is 18.3 Å². The molecule has 12 heavy (non-hydrogen) atoms. The van der Waals surface area contributed by atoms with Crippen molar-refractivity contribution in [2.75, 3.05) is 20.3 Å². The summed E-state index contributed by atoms with van der Waals surface area (Å²) in [7, 11) is 1.37. The van der Waals surface area contributed by atoms with Crippen molar-refractivity contribution < 1.29 is 14.3 Å². The average Bonchev–Trinajstić information content (AvgIpc) is 2.32. The van der Waals surface area contributed by atoms with Crippen LogP contribution in [0.5, 0.6) is 0 Å². The highest BCUT2D eigenvalue weighted by Gasteiger charge is 2.39. The number of esters is 1. The number of rotatable bonds is 2. The van der Waals surface area contributed by atoms with Gasteiger partial charge in [-0.2, -0.15) is 0 Å². The molecule has 1 rings (SSSR count). The van der Waals surface area contributed by atoms with Gasteiger partial charge in [0, 0.05) is 5.92 Å². The minimum atomic E-state index is -0.521. The topological polar surface area (TPSA) is 61.5 Å². The molecular formula is C8H15NO3. The molecule has 2 unspecified atom stereocenters. The Balaban J connectivity index is 2.53. The van der Waals surface area contributed by atoms with Gasteiger partial charge in [-0.05, 0) is 0 Å². The molecule has 1 aliphatic heterocycles. The molecule has 2 N–H and O–H groups in total. The average molecular weight is 173 g/mol. The highest BCUT2D eigenvalue weighted by atomic mass is 16.5. The molecule has 1 aliphatic rings. The zero-order valence-corrected chi connectivity index (χ0v) is 7.50. The summed E-state index contributed by atoms with van der Waals surface area (Å²) in [6.07, 6.45) is 0.241. The van der Waals surface area contributed by atoms with Crippen LogP contribution in [0.1, 0.15) is 13.3 Å². The number of carbonyl (C=O) groups excluding carboxylic acids is 1. The summed E-state index contributed by atoms with van der Waals surface area (Å²) in [4.78, 5) is 11.0. The first-order chi connectivity index (χ1) is 5.58. The lowest BCUT2D eigenvalue weighted by Gasteiger charge is -2.25. The molecule has 4 nitrogen and oxygen atoms in total. The Labute approximate surface area is 72.0 Å². The Morgan fingerprint density at radius 2 is 2.50 bits per heavy atom. The zero-order chi connectivity index (χ0) is 9.19. The first-order valence-electron chi connectivity index (χ1n) is 4.02. The SMILES string of the molecule is COC(=O)CC1(N)COCC1C. The molecule has 1 saturated heterocycles. The molecule has 0 spiro atoms. The number of nitrogens with two attached hydrogens (primary N) is 1. The number of hydrogen-bond acceptors (Lipinski definition) is 4. The third-order valence-electron chi connectivity index (χ3n) is 2.42. The van der Waals surface area contributed by atoms with Gasteiger partial charge in [0.1, 0.15) is 0 Å². The Kier molecular flexibility index (Phi) is 2.69. The lowest BCUT2D eigenvalue weighted by atomic mass is 9.86. The summed E-state index contributed by atoms with van der Waals surface area (Å²) in [5.41, 5.74) is 5.43. The zero-order valence-electron chi connectivity index (χ0n) is 7.50. The van der Waals surface area contributed by atoms with E-state index in [9.17, 15) is 4.79 Å². The van der Waals surface area contributed by atoms with Gasteiger partial charge in [-0.25, -0.2) is 0 Å². The molecule has 2 atom stereocenters. The molecule has 1 fully saturated rings. The third kappa shape index (κ3) is 1.76. The summed E-state index contributed by atoms with van der Waals surface area (Å²) in [6, 6.07) is 0. The van der Waals surface area contributed by atoms with Crippen molar-refractivity contribution in [2.24, 2.45) is 11.7 Å². The quantitative estimate of drug-likeness (QED) is 0.593. The van der Waals surface area contributed by atoms with E-state index in [0.717, 1.165) is 0 Å². The van der Waals surface area contributed by atoms with E-state index in [1.54, 1.807) is 0 Å². The van der Waals surface area contributed by atoms with Crippen molar-refractivity contribution >= 4 is 5.97 Å². The maximum atomic E-state index is 11.0. The second-order valence-electron chi connectivity index (χ2n) is 3.40. The first-order valence-corrected chi connectivity index (χ1v) is 4.02. The lowest BCUT2D eigenvalue weighted by molar-refractivity contribution is -0.142. The number of hydrogen-bond donors (Lipinski definition) is 1. The van der Waals surface area contributed by atoms with Gasteiger partial charge in [-0.3, -0.25) is 4.79 Å². The molecule has 0 aliphatic carbocycles. The van der Waals surface area contributed by atoms with E-state index in [2.05, 4.69) is 4.74 Å². The normalized spacial score (nSPS) is 35.1. The van der Waals surface area contributed by atoms with E-state index in [1.165, 1.54) is 7.11 Å². The largest absolute Gasteiger partial charge is 0.469 e. The van der Waals surface area contributed by atoms with Gasteiger partial charge in [0.15, 0.2) is 0 Å². The van der Waals surface area contributed by atoms with Crippen molar-refractivity contribution in [3.63, 3.8) is 0 Å². The maximum absolute atomic E-state index is 11.0. The predicted octanol–water partition coefficient (Wildman–Crippen LogP) is -0.0867. The third-order valence-corrected chi connectivity index (χ3v) is 2.42. The Morgan fingerprint density at radius 3 is 2.92 bits per heavy atom. The predicted molar refractivity (Wildman–Crippen MR) is 43.5 cm³/mol. The standard InChI is InChI=1S/C8H15NO3/c1-6-4-12-5-8(6,9)3-7(10)11-2/h6H,3-5,9H2,1-2H3. The monoisotopic (exact) mass is 173 g/mol. The smallest absolute Gasteiger partial charge is 0.307 e. The fourth-order valence-electron chi connectivity index (χ4n) is 1.30. The summed E-state index contributed by atoms with van der Waals surface area (Å²) >= 11 is 0. The van der Waals surface area contributed by atoms with Crippen LogP contribution in [0.3, 0.4) is 0 Å². The number of ether oxygens (including phenoxy) is 2. The summed E-state index contributed by atoms with van der Waals surface area (Å²) < 4.78 is 9.74. The molecule has 0 aromatic rings. The van der Waals surface area contributed by atoms with Gasteiger partial charge in [-0.15, -0.1) is 0 Å². The van der Waals surface area contributed by atoms with Crippen LogP contribution in [0.4, 0.5) is 0 Å². The van der Waals surface area contributed by atoms with Crippen LogP contribution in [-0.2, 0) is 14.3 Å². The summed E-state index contributed by atoms with van der Waals surface area (Å²) in [6.45, 7) is 3.06. The Hall–Kier alpha value is -0.610. The minimum Gasteiger partial charge on any atom is -0.469 e. The van der Waals surface area contributed by atoms with Crippen molar-refractivity contribution in [1.29, 1.82) is 0 Å². The molecule has 0 aromatic heterocycles. The molecule has 4 heteroatoms. The van der Waals surface area contributed by atoms with Gasteiger partial charge in [0.25, 0.3) is 0 Å². The van der Waals surface area contributed by atoms with E-state index in [1.807, 2.05) is 6.92 Å². The fourth-order valence-corrected chi connectivity index (χ4v) is 1.30. The molecule has 0 amide bonds. The first kappa shape index (κ1) is 9.48. The molecule has 0 radical (unpaired) electrons. The number of methoxy groups -OCH3 is 1. The van der Waals surface area contributed by atoms with Crippen LogP contribution in [-0.4, -0.2) is 31.8 Å². The van der Waals surface area contributed by atoms with Gasteiger partial charge in [-0.1, -0.05) is 6.92 Å². The van der Waals surface area contributed by atoms with E-state index < -0.39 is 5.54 Å². The van der Waals surface area contributed by atoms with E-state index in [4.69, 9.17) is 10.5 Å². The summed E-state index contributed by atoms with van der Waals surface area (Å²) in [5.74, 6) is -0.0496. The molecule has 1 heterocycles. The van der Waals surface area contributed by atoms with Gasteiger partial charge >= 0.3 is 5.97 Å². The van der Waals surface area contributed by atoms with E-state index >= 15 is 0 Å². The molecule has 0 bridgehead atoms. The van der Waals surface area contributed by atoms with Crippen molar-refractivity contribution in [3.8, 4) is 0 Å². The van der Waals surface area contributed by atoms with Crippen LogP contribution in [0.2, 0.25) is 0 Å². The van der Waals surface area contributed by atoms with Crippen molar-refractivity contribution in [3.05, 3.63) is 0 Å². The van der Waals surface area contributed by atoms with Crippen LogP contribution < -0.4 is 5.73 Å². The highest BCUT2D eigenvalue weighted by molar-refractivity contribution is 5.70. The fraction of sp³-hybridized carbons (Fsp3) is 0.875. The van der Waals surface area contributed by atoms with Gasteiger partial charge in [0.2, 0.25) is 0 Å². The molecule has 0 saturated carbocycles. The summed E-state index contributed by atoms with van der Waals surface area (Å²) in [5, 5.41) is 0. The van der Waals surface area contributed by atoms with Crippen molar-refractivity contribution in [2.45, 2.75) is 18.9 Å². The lowest BCUT2D eigenvalue weighted by Crippen LogP contribution is -2.47. The van der Waals surface area contributed by atoms with Crippen LogP contribution in [0, 0.1) is 5.92 Å². The van der Waals surface area contributed by atoms with Crippen molar-refractivity contribution in [1.82, 2.24) is 0 Å². The Morgan fingerprint density at radius 1 is 1.83 bits per heavy atom. The number of carbonyl (C=O) groups is 1. The Bertz CT molecular complexity index is 183. The second kappa shape index (κ2) is 3.41. The second-order valence-corrected chi connectivity index (χ2v) is 3.40. The minimum absolute atomic E-state index is 0.219. The molecule has 0 aromatic carbocycles. The highest BCUT2D eigenvalue weighted by Crippen LogP contribution is 2.25. The maximum Gasteiger partial charge on any atom is 0.307 e. The van der Waals surface area contributed by atoms with Gasteiger partial charge < -0.3 is 15.2 Å². The van der Waals surface area contributed by atoms with E-state index in [0.29, 0.717) is 13.2 Å². The molecule has 70 valence electrons. The molecular weight excluding hydrogens is 158 g/mol. The van der Waals surface area contributed by atoms with Gasteiger partial charge in [0.05, 0.1) is 32.3 Å².